The van der Waals surface area contributed by atoms with E-state index in [0.29, 0.717) is 5.82 Å². The highest BCUT2D eigenvalue weighted by Crippen LogP contribution is 2.18. The van der Waals surface area contributed by atoms with Crippen LogP contribution in [0.25, 0.3) is 11.4 Å². The van der Waals surface area contributed by atoms with Crippen LogP contribution in [0.5, 0.6) is 0 Å². The smallest absolute Gasteiger partial charge is 0.242 e. The Morgan fingerprint density at radius 2 is 2.21 bits per heavy atom. The summed E-state index contributed by atoms with van der Waals surface area (Å²) in [4.78, 5) is 16.0. The summed E-state index contributed by atoms with van der Waals surface area (Å²) in [5, 5.41) is 12.6. The SMILES string of the molecule is O=C(Nc1ccc(-c2ncn[nH]2)cc1)C1CSCN1. The highest BCUT2D eigenvalue weighted by Gasteiger charge is 2.22. The molecule has 19 heavy (non-hydrogen) atoms. The topological polar surface area (TPSA) is 82.7 Å². The maximum absolute atomic E-state index is 11.9. The van der Waals surface area contributed by atoms with E-state index in [0.717, 1.165) is 22.9 Å². The number of aromatic amines is 1. The van der Waals surface area contributed by atoms with Crippen molar-refractivity contribution in [1.29, 1.82) is 0 Å². The molecule has 1 aliphatic rings. The van der Waals surface area contributed by atoms with Gasteiger partial charge in [-0.3, -0.25) is 15.2 Å². The van der Waals surface area contributed by atoms with Crippen LogP contribution in [0.2, 0.25) is 0 Å². The van der Waals surface area contributed by atoms with Gasteiger partial charge in [-0.05, 0) is 24.3 Å². The summed E-state index contributed by atoms with van der Waals surface area (Å²) >= 11 is 1.73. The van der Waals surface area contributed by atoms with Gasteiger partial charge in [-0.2, -0.15) is 5.10 Å². The molecule has 3 rings (SSSR count). The van der Waals surface area contributed by atoms with Crippen LogP contribution < -0.4 is 10.6 Å². The quantitative estimate of drug-likeness (QED) is 0.780. The summed E-state index contributed by atoms with van der Waals surface area (Å²) in [5.74, 6) is 2.38. The lowest BCUT2D eigenvalue weighted by Crippen LogP contribution is -2.37. The van der Waals surface area contributed by atoms with Gasteiger partial charge in [0.1, 0.15) is 6.33 Å². The number of carbonyl (C=O) groups is 1. The summed E-state index contributed by atoms with van der Waals surface area (Å²) in [6.45, 7) is 0. The lowest BCUT2D eigenvalue weighted by molar-refractivity contribution is -0.117. The van der Waals surface area contributed by atoms with Gasteiger partial charge in [0, 0.05) is 22.9 Å². The van der Waals surface area contributed by atoms with Gasteiger partial charge in [0.15, 0.2) is 5.82 Å². The van der Waals surface area contributed by atoms with Crippen molar-refractivity contribution in [1.82, 2.24) is 20.5 Å². The molecular formula is C12H13N5OS. The molecule has 1 saturated heterocycles. The lowest BCUT2D eigenvalue weighted by Gasteiger charge is -2.10. The molecule has 6 nitrogen and oxygen atoms in total. The number of hydrogen-bond acceptors (Lipinski definition) is 5. The Morgan fingerprint density at radius 1 is 1.37 bits per heavy atom. The van der Waals surface area contributed by atoms with Crippen LogP contribution in [0.4, 0.5) is 5.69 Å². The van der Waals surface area contributed by atoms with Gasteiger partial charge in [0.05, 0.1) is 6.04 Å². The van der Waals surface area contributed by atoms with Gasteiger partial charge in [-0.1, -0.05) is 0 Å². The van der Waals surface area contributed by atoms with E-state index in [1.807, 2.05) is 24.3 Å². The maximum Gasteiger partial charge on any atom is 0.242 e. The average Bonchev–Trinajstić information content (AvgIpc) is 3.13. The summed E-state index contributed by atoms with van der Waals surface area (Å²) in [6.07, 6.45) is 1.47. The molecule has 1 atom stereocenters. The Hall–Kier alpha value is -1.86. The molecule has 3 N–H and O–H groups in total. The van der Waals surface area contributed by atoms with Crippen molar-refractivity contribution in [3.63, 3.8) is 0 Å². The second-order valence-electron chi connectivity index (χ2n) is 4.17. The van der Waals surface area contributed by atoms with Crippen molar-refractivity contribution in [2.24, 2.45) is 0 Å². The number of rotatable bonds is 3. The number of nitrogens with one attached hydrogen (secondary N) is 3. The molecule has 7 heteroatoms. The predicted octanol–water partition coefficient (Wildman–Crippen LogP) is 1.07. The molecule has 1 fully saturated rings. The van der Waals surface area contributed by atoms with Gasteiger partial charge >= 0.3 is 0 Å². The first-order valence-electron chi connectivity index (χ1n) is 5.91. The van der Waals surface area contributed by atoms with Crippen LogP contribution in [-0.2, 0) is 4.79 Å². The molecule has 0 aliphatic carbocycles. The van der Waals surface area contributed by atoms with E-state index in [9.17, 15) is 4.79 Å². The molecule has 2 aromatic rings. The minimum atomic E-state index is -0.0982. The summed E-state index contributed by atoms with van der Waals surface area (Å²) in [6, 6.07) is 7.41. The number of thioether (sulfide) groups is 1. The van der Waals surface area contributed by atoms with E-state index in [4.69, 9.17) is 0 Å². The Kier molecular flexibility index (Phi) is 3.47. The lowest BCUT2D eigenvalue weighted by atomic mass is 10.2. The summed E-state index contributed by atoms with van der Waals surface area (Å²) in [5.41, 5.74) is 1.72. The number of hydrogen-bond donors (Lipinski definition) is 3. The predicted molar refractivity (Wildman–Crippen MR) is 74.7 cm³/mol. The van der Waals surface area contributed by atoms with Crippen LogP contribution in [0.15, 0.2) is 30.6 Å². The third-order valence-corrected chi connectivity index (χ3v) is 3.81. The molecule has 0 saturated carbocycles. The Morgan fingerprint density at radius 3 is 2.84 bits per heavy atom. The highest BCUT2D eigenvalue weighted by atomic mass is 32.2. The van der Waals surface area contributed by atoms with Crippen molar-refractivity contribution >= 4 is 23.4 Å². The zero-order valence-electron chi connectivity index (χ0n) is 10.1. The number of amides is 1. The van der Waals surface area contributed by atoms with Gasteiger partial charge < -0.3 is 5.32 Å². The molecule has 1 aromatic carbocycles. The molecule has 1 aromatic heterocycles. The molecule has 1 unspecified atom stereocenters. The van der Waals surface area contributed by atoms with E-state index in [1.54, 1.807) is 11.8 Å². The number of nitrogens with zero attached hydrogens (tertiary/aromatic N) is 2. The van der Waals surface area contributed by atoms with E-state index in [2.05, 4.69) is 25.8 Å². The second kappa shape index (κ2) is 5.41. The van der Waals surface area contributed by atoms with Gasteiger partial charge in [0.2, 0.25) is 5.91 Å². The number of anilines is 1. The fourth-order valence-electron chi connectivity index (χ4n) is 1.85. The van der Waals surface area contributed by atoms with Gasteiger partial charge in [-0.15, -0.1) is 11.8 Å². The molecule has 0 spiro atoms. The van der Waals surface area contributed by atoms with Crippen LogP contribution in [0.3, 0.4) is 0 Å². The molecule has 0 radical (unpaired) electrons. The Bertz CT molecular complexity index is 548. The van der Waals surface area contributed by atoms with Crippen molar-refractivity contribution in [3.8, 4) is 11.4 Å². The van der Waals surface area contributed by atoms with Crippen molar-refractivity contribution < 1.29 is 4.79 Å². The molecule has 2 heterocycles. The third kappa shape index (κ3) is 2.77. The number of benzene rings is 1. The zero-order valence-corrected chi connectivity index (χ0v) is 10.9. The standard InChI is InChI=1S/C12H13N5OS/c18-12(10-5-19-7-14-10)16-9-3-1-8(2-4-9)11-13-6-15-17-11/h1-4,6,10,14H,5,7H2,(H,16,18)(H,13,15,17). The first-order chi connectivity index (χ1) is 9.33. The van der Waals surface area contributed by atoms with Crippen LogP contribution in [0, 0.1) is 0 Å². The van der Waals surface area contributed by atoms with Gasteiger partial charge in [0.25, 0.3) is 0 Å². The average molecular weight is 275 g/mol. The van der Waals surface area contributed by atoms with Crippen molar-refractivity contribution in [2.75, 3.05) is 16.9 Å². The van der Waals surface area contributed by atoms with Crippen molar-refractivity contribution in [2.45, 2.75) is 6.04 Å². The van der Waals surface area contributed by atoms with Crippen LogP contribution in [-0.4, -0.2) is 38.8 Å². The summed E-state index contributed by atoms with van der Waals surface area (Å²) < 4.78 is 0. The number of carbonyl (C=O) groups excluding carboxylic acids is 1. The zero-order chi connectivity index (χ0) is 13.1. The minimum absolute atomic E-state index is 0.0115. The number of H-pyrrole nitrogens is 1. The second-order valence-corrected chi connectivity index (χ2v) is 5.20. The first-order valence-corrected chi connectivity index (χ1v) is 7.06. The molecule has 0 bridgehead atoms. The Labute approximate surface area is 114 Å². The molecular weight excluding hydrogens is 262 g/mol. The molecule has 1 aliphatic heterocycles. The molecule has 1 amide bonds. The van der Waals surface area contributed by atoms with Crippen molar-refractivity contribution in [3.05, 3.63) is 30.6 Å². The largest absolute Gasteiger partial charge is 0.325 e. The highest BCUT2D eigenvalue weighted by molar-refractivity contribution is 7.99. The summed E-state index contributed by atoms with van der Waals surface area (Å²) in [7, 11) is 0. The minimum Gasteiger partial charge on any atom is -0.325 e. The van der Waals surface area contributed by atoms with E-state index >= 15 is 0 Å². The first kappa shape index (κ1) is 12.2. The fraction of sp³-hybridized carbons (Fsp3) is 0.250. The third-order valence-electron chi connectivity index (χ3n) is 2.87. The van der Waals surface area contributed by atoms with E-state index in [-0.39, 0.29) is 11.9 Å². The normalized spacial score (nSPS) is 18.4. The van der Waals surface area contributed by atoms with E-state index < -0.39 is 0 Å². The molecule has 98 valence electrons. The number of aromatic nitrogens is 3. The Balaban J connectivity index is 1.67. The van der Waals surface area contributed by atoms with E-state index in [1.165, 1.54) is 6.33 Å². The monoisotopic (exact) mass is 275 g/mol. The van der Waals surface area contributed by atoms with Crippen LogP contribution in [0.1, 0.15) is 0 Å². The van der Waals surface area contributed by atoms with Crippen LogP contribution >= 0.6 is 11.8 Å². The maximum atomic E-state index is 11.9. The van der Waals surface area contributed by atoms with Gasteiger partial charge in [-0.25, -0.2) is 4.98 Å². The fourth-order valence-corrected chi connectivity index (χ4v) is 2.79.